The smallest absolute Gasteiger partial charge is 0.306 e. The molecule has 98 valence electrons. The van der Waals surface area contributed by atoms with Crippen molar-refractivity contribution in [2.75, 3.05) is 25.6 Å². The van der Waals surface area contributed by atoms with Gasteiger partial charge in [0.25, 0.3) is 0 Å². The molecule has 1 aromatic rings. The Hall–Kier alpha value is -1.42. The van der Waals surface area contributed by atoms with Crippen molar-refractivity contribution in [2.45, 2.75) is 6.42 Å². The van der Waals surface area contributed by atoms with Gasteiger partial charge in [-0.15, -0.1) is 0 Å². The quantitative estimate of drug-likeness (QED) is 0.892. The highest BCUT2D eigenvalue weighted by molar-refractivity contribution is 6.30. The van der Waals surface area contributed by atoms with Crippen molar-refractivity contribution in [2.24, 2.45) is 11.8 Å². The summed E-state index contributed by atoms with van der Waals surface area (Å²) in [5.41, 5.74) is 0.890. The number of hydrogen-bond acceptors (Lipinski definition) is 3. The maximum Gasteiger partial charge on any atom is 0.306 e. The molecule has 1 aromatic carbocycles. The predicted octanol–water partition coefficient (Wildman–Crippen LogP) is 2.51. The van der Waals surface area contributed by atoms with Crippen molar-refractivity contribution >= 4 is 23.3 Å². The monoisotopic (exact) mass is 269 g/mol. The van der Waals surface area contributed by atoms with E-state index >= 15 is 0 Å². The minimum atomic E-state index is -0.702. The highest BCUT2D eigenvalue weighted by Crippen LogP contribution is 2.41. The molecule has 18 heavy (non-hydrogen) atoms. The Morgan fingerprint density at radius 1 is 1.61 bits per heavy atom. The van der Waals surface area contributed by atoms with Gasteiger partial charge in [-0.25, -0.2) is 0 Å². The Bertz CT molecular complexity index is 464. The number of carboxylic acids is 1. The maximum atomic E-state index is 10.8. The highest BCUT2D eigenvalue weighted by atomic mass is 35.5. The standard InChI is InChI=1S/C13H16ClNO3/c1-15(7-8-5-10(8)13(16)17)11-6-9(14)3-4-12(11)18-2/h3-4,6,8,10H,5,7H2,1-2H3,(H,16,17). The summed E-state index contributed by atoms with van der Waals surface area (Å²) in [6.07, 6.45) is 0.753. The zero-order chi connectivity index (χ0) is 13.3. The third-order valence-electron chi connectivity index (χ3n) is 3.30. The molecule has 0 saturated heterocycles. The fraction of sp³-hybridized carbons (Fsp3) is 0.462. The predicted molar refractivity (Wildman–Crippen MR) is 70.5 cm³/mol. The second-order valence-electron chi connectivity index (χ2n) is 4.64. The van der Waals surface area contributed by atoms with Crippen molar-refractivity contribution in [1.29, 1.82) is 0 Å². The molecule has 1 aliphatic carbocycles. The van der Waals surface area contributed by atoms with E-state index in [0.717, 1.165) is 17.9 Å². The first kappa shape index (κ1) is 13.0. The van der Waals surface area contributed by atoms with Crippen LogP contribution in [0.5, 0.6) is 5.75 Å². The van der Waals surface area contributed by atoms with Crippen molar-refractivity contribution in [3.63, 3.8) is 0 Å². The maximum absolute atomic E-state index is 10.8. The first-order valence-electron chi connectivity index (χ1n) is 5.80. The van der Waals surface area contributed by atoms with Crippen LogP contribution in [0.25, 0.3) is 0 Å². The molecule has 0 aliphatic heterocycles. The summed E-state index contributed by atoms with van der Waals surface area (Å²) in [7, 11) is 3.53. The van der Waals surface area contributed by atoms with Gasteiger partial charge in [0.1, 0.15) is 5.75 Å². The summed E-state index contributed by atoms with van der Waals surface area (Å²) in [6, 6.07) is 5.42. The molecule has 1 fully saturated rings. The summed E-state index contributed by atoms with van der Waals surface area (Å²) in [5, 5.41) is 9.53. The number of hydrogen-bond donors (Lipinski definition) is 1. The van der Waals surface area contributed by atoms with E-state index in [1.54, 1.807) is 13.2 Å². The molecule has 1 N–H and O–H groups in total. The molecule has 2 unspecified atom stereocenters. The number of carboxylic acid groups (broad SMARTS) is 1. The van der Waals surface area contributed by atoms with E-state index in [-0.39, 0.29) is 11.8 Å². The Kier molecular flexibility index (Phi) is 3.66. The largest absolute Gasteiger partial charge is 0.495 e. The highest BCUT2D eigenvalue weighted by Gasteiger charge is 2.43. The molecule has 4 nitrogen and oxygen atoms in total. The van der Waals surface area contributed by atoms with Crippen LogP contribution in [0, 0.1) is 11.8 Å². The summed E-state index contributed by atoms with van der Waals surface area (Å²) < 4.78 is 5.28. The third kappa shape index (κ3) is 2.70. The summed E-state index contributed by atoms with van der Waals surface area (Å²) >= 11 is 5.97. The molecule has 0 radical (unpaired) electrons. The second-order valence-corrected chi connectivity index (χ2v) is 5.07. The summed E-state index contributed by atoms with van der Waals surface area (Å²) in [5.74, 6) is 0.0645. The Balaban J connectivity index is 2.07. The van der Waals surface area contributed by atoms with Crippen LogP contribution in [-0.2, 0) is 4.79 Å². The van der Waals surface area contributed by atoms with Crippen LogP contribution in [0.2, 0.25) is 5.02 Å². The van der Waals surface area contributed by atoms with Crippen LogP contribution in [0.4, 0.5) is 5.69 Å². The minimum Gasteiger partial charge on any atom is -0.495 e. The van der Waals surface area contributed by atoms with E-state index in [2.05, 4.69) is 0 Å². The van der Waals surface area contributed by atoms with Crippen LogP contribution in [0.15, 0.2) is 18.2 Å². The third-order valence-corrected chi connectivity index (χ3v) is 3.54. The van der Waals surface area contributed by atoms with Gasteiger partial charge in [-0.05, 0) is 30.5 Å². The number of carbonyl (C=O) groups is 1. The van der Waals surface area contributed by atoms with Crippen molar-refractivity contribution in [3.05, 3.63) is 23.2 Å². The number of halogens is 1. The fourth-order valence-electron chi connectivity index (χ4n) is 2.16. The van der Waals surface area contributed by atoms with Crippen LogP contribution >= 0.6 is 11.6 Å². The lowest BCUT2D eigenvalue weighted by molar-refractivity contribution is -0.138. The zero-order valence-electron chi connectivity index (χ0n) is 10.4. The molecule has 0 amide bonds. The van der Waals surface area contributed by atoms with Crippen molar-refractivity contribution in [1.82, 2.24) is 0 Å². The molecular weight excluding hydrogens is 254 g/mol. The van der Waals surface area contributed by atoms with Gasteiger partial charge in [-0.2, -0.15) is 0 Å². The zero-order valence-corrected chi connectivity index (χ0v) is 11.1. The molecule has 0 bridgehead atoms. The Morgan fingerprint density at radius 3 is 2.89 bits per heavy atom. The molecule has 0 spiro atoms. The van der Waals surface area contributed by atoms with Gasteiger partial charge in [0.15, 0.2) is 0 Å². The van der Waals surface area contributed by atoms with Crippen molar-refractivity contribution < 1.29 is 14.6 Å². The normalized spacial score (nSPS) is 21.5. The van der Waals surface area contributed by atoms with E-state index in [4.69, 9.17) is 21.4 Å². The lowest BCUT2D eigenvalue weighted by Crippen LogP contribution is -2.22. The fourth-order valence-corrected chi connectivity index (χ4v) is 2.33. The first-order chi connectivity index (χ1) is 8.52. The Labute approximate surface area is 111 Å². The first-order valence-corrected chi connectivity index (χ1v) is 6.18. The van der Waals surface area contributed by atoms with Gasteiger partial charge < -0.3 is 14.7 Å². The van der Waals surface area contributed by atoms with Crippen LogP contribution in [-0.4, -0.2) is 31.8 Å². The van der Waals surface area contributed by atoms with E-state index in [0.29, 0.717) is 11.6 Å². The van der Waals surface area contributed by atoms with E-state index in [1.165, 1.54) is 0 Å². The minimum absolute atomic E-state index is 0.197. The molecule has 0 aromatic heterocycles. The van der Waals surface area contributed by atoms with Gasteiger partial charge in [-0.3, -0.25) is 4.79 Å². The number of ether oxygens (including phenoxy) is 1. The van der Waals surface area contributed by atoms with Crippen LogP contribution in [0.3, 0.4) is 0 Å². The molecule has 1 saturated carbocycles. The van der Waals surface area contributed by atoms with E-state index in [1.807, 2.05) is 24.1 Å². The number of benzene rings is 1. The Morgan fingerprint density at radius 2 is 2.33 bits per heavy atom. The lowest BCUT2D eigenvalue weighted by Gasteiger charge is -2.22. The van der Waals surface area contributed by atoms with E-state index in [9.17, 15) is 4.79 Å². The van der Waals surface area contributed by atoms with Gasteiger partial charge in [0, 0.05) is 18.6 Å². The SMILES string of the molecule is COc1ccc(Cl)cc1N(C)CC1CC1C(=O)O. The summed E-state index contributed by atoms with van der Waals surface area (Å²) in [6.45, 7) is 0.702. The lowest BCUT2D eigenvalue weighted by atomic mass is 10.2. The molecule has 2 rings (SSSR count). The molecular formula is C13H16ClNO3. The average Bonchev–Trinajstić information content (AvgIpc) is 3.08. The van der Waals surface area contributed by atoms with Gasteiger partial charge in [0.2, 0.25) is 0 Å². The second kappa shape index (κ2) is 5.06. The topological polar surface area (TPSA) is 49.8 Å². The number of anilines is 1. The number of methoxy groups -OCH3 is 1. The molecule has 1 aliphatic rings. The number of rotatable bonds is 5. The molecule has 0 heterocycles. The van der Waals surface area contributed by atoms with Gasteiger partial charge >= 0.3 is 5.97 Å². The molecule has 2 atom stereocenters. The summed E-state index contributed by atoms with van der Waals surface area (Å²) in [4.78, 5) is 12.8. The number of aliphatic carboxylic acids is 1. The molecule has 5 heteroatoms. The van der Waals surface area contributed by atoms with E-state index < -0.39 is 5.97 Å². The van der Waals surface area contributed by atoms with Gasteiger partial charge in [0.05, 0.1) is 18.7 Å². The van der Waals surface area contributed by atoms with Gasteiger partial charge in [-0.1, -0.05) is 11.6 Å². The average molecular weight is 270 g/mol. The van der Waals surface area contributed by atoms with Crippen LogP contribution < -0.4 is 9.64 Å². The van der Waals surface area contributed by atoms with Crippen molar-refractivity contribution in [3.8, 4) is 5.75 Å². The number of nitrogens with zero attached hydrogens (tertiary/aromatic N) is 1. The van der Waals surface area contributed by atoms with Crippen LogP contribution in [0.1, 0.15) is 6.42 Å².